The van der Waals surface area contributed by atoms with Crippen LogP contribution in [0.5, 0.6) is 0 Å². The van der Waals surface area contributed by atoms with Gasteiger partial charge in [0.15, 0.2) is 6.04 Å². The molecule has 0 aliphatic rings. The second-order valence-electron chi connectivity index (χ2n) is 8.17. The summed E-state index contributed by atoms with van der Waals surface area (Å²) < 4.78 is 0. The molecule has 0 aromatic rings. The van der Waals surface area contributed by atoms with E-state index in [4.69, 9.17) is 5.11 Å². The van der Waals surface area contributed by atoms with Gasteiger partial charge in [-0.1, -0.05) is 96.8 Å². The Bertz CT molecular complexity index is 285. The van der Waals surface area contributed by atoms with Gasteiger partial charge >= 0.3 is 0 Å². The molecule has 4 heteroatoms. The average molecular weight is 375 g/mol. The molecule has 0 saturated carbocycles. The largest absolute Gasteiger partial charge is 0.396 e. The molecule has 26 heavy (non-hydrogen) atoms. The monoisotopic (exact) mass is 374 g/mol. The minimum absolute atomic E-state index is 0.00124. The molecule has 0 spiro atoms. The molecule has 0 amide bonds. The van der Waals surface area contributed by atoms with Gasteiger partial charge in [-0.3, -0.25) is 0 Å². The molecule has 158 valence electrons. The molecule has 1 unspecified atom stereocenters. The minimum atomic E-state index is -0.945. The smallest absolute Gasteiger partial charge is 0.151 e. The fourth-order valence-corrected chi connectivity index (χ4v) is 3.51. The van der Waals surface area contributed by atoms with Crippen molar-refractivity contribution >= 4 is 0 Å². The molecule has 0 radical (unpaired) electrons. The zero-order chi connectivity index (χ0) is 19.5. The summed E-state index contributed by atoms with van der Waals surface area (Å²) in [5, 5.41) is 28.7. The number of hydroxylamine groups is 4. The molecule has 0 aromatic heterocycles. The maximum absolute atomic E-state index is 9.91. The van der Waals surface area contributed by atoms with Crippen LogP contribution in [-0.2, 0) is 0 Å². The van der Waals surface area contributed by atoms with Crippen LogP contribution in [-0.4, -0.2) is 39.5 Å². The third-order valence-corrected chi connectivity index (χ3v) is 5.59. The first-order chi connectivity index (χ1) is 12.5. The molecule has 0 bridgehead atoms. The number of hydrogen-bond acceptors (Lipinski definition) is 3. The lowest BCUT2D eigenvalue weighted by atomic mass is 10.0. The maximum Gasteiger partial charge on any atom is 0.151 e. The first-order valence-electron chi connectivity index (χ1n) is 11.5. The van der Waals surface area contributed by atoms with Crippen LogP contribution in [0.2, 0.25) is 0 Å². The highest BCUT2D eigenvalue weighted by Crippen LogP contribution is 2.15. The van der Waals surface area contributed by atoms with Gasteiger partial charge in [-0.25, -0.2) is 0 Å². The van der Waals surface area contributed by atoms with E-state index in [1.165, 1.54) is 89.9 Å². The van der Waals surface area contributed by atoms with Gasteiger partial charge in [0.25, 0.3) is 0 Å². The van der Waals surface area contributed by atoms with Gasteiger partial charge in [0.2, 0.25) is 0 Å². The standard InChI is InChI=1S/C22H48NO3/c1-3-4-5-6-7-8-9-10-11-12-13-14-15-16-17-18-20-23(25,26)22(2)19-21-24/h22,24-26H,3-21H2,1-2H3/q+1. The third-order valence-electron chi connectivity index (χ3n) is 5.59. The van der Waals surface area contributed by atoms with E-state index in [9.17, 15) is 10.4 Å². The normalized spacial score (nSPS) is 13.3. The van der Waals surface area contributed by atoms with Crippen molar-refractivity contribution in [3.8, 4) is 0 Å². The zero-order valence-corrected chi connectivity index (χ0v) is 17.8. The quantitative estimate of drug-likeness (QED) is 0.128. The van der Waals surface area contributed by atoms with Gasteiger partial charge < -0.3 is 5.11 Å². The van der Waals surface area contributed by atoms with E-state index < -0.39 is 4.81 Å². The van der Waals surface area contributed by atoms with E-state index in [1.54, 1.807) is 6.92 Å². The van der Waals surface area contributed by atoms with Crippen molar-refractivity contribution in [1.82, 2.24) is 0 Å². The molecule has 0 aliphatic carbocycles. The summed E-state index contributed by atoms with van der Waals surface area (Å²) in [6, 6.07) is -0.323. The van der Waals surface area contributed by atoms with Crippen molar-refractivity contribution in [3.05, 3.63) is 0 Å². The van der Waals surface area contributed by atoms with Gasteiger partial charge in [-0.15, -0.1) is 0 Å². The Kier molecular flexibility index (Phi) is 18.1. The lowest BCUT2D eigenvalue weighted by molar-refractivity contribution is -1.26. The SMILES string of the molecule is CCCCCCCCCCCCCCCCCC[N+](O)(O)C(C)CCO. The van der Waals surface area contributed by atoms with E-state index in [-0.39, 0.29) is 12.6 Å². The zero-order valence-electron chi connectivity index (χ0n) is 17.8. The lowest BCUT2D eigenvalue weighted by Crippen LogP contribution is -2.49. The molecule has 0 rings (SSSR count). The minimum Gasteiger partial charge on any atom is -0.396 e. The van der Waals surface area contributed by atoms with Crippen LogP contribution in [0.3, 0.4) is 0 Å². The van der Waals surface area contributed by atoms with Gasteiger partial charge in [0, 0.05) is 19.4 Å². The molecule has 4 nitrogen and oxygen atoms in total. The average Bonchev–Trinajstić information content (AvgIpc) is 2.61. The van der Waals surface area contributed by atoms with Crippen LogP contribution in [0.4, 0.5) is 0 Å². The van der Waals surface area contributed by atoms with Crippen molar-refractivity contribution in [2.24, 2.45) is 0 Å². The molecule has 0 saturated heterocycles. The fraction of sp³-hybridized carbons (Fsp3) is 1.00. The second-order valence-corrected chi connectivity index (χ2v) is 8.17. The Balaban J connectivity index is 3.24. The van der Waals surface area contributed by atoms with E-state index in [2.05, 4.69) is 6.92 Å². The topological polar surface area (TPSA) is 60.7 Å². The Labute approximate surface area is 163 Å². The molecule has 0 aromatic carbocycles. The number of rotatable bonds is 20. The van der Waals surface area contributed by atoms with Gasteiger partial charge in [-0.05, 0) is 18.2 Å². The van der Waals surface area contributed by atoms with Gasteiger partial charge in [0.1, 0.15) is 6.54 Å². The Morgan fingerprint density at radius 2 is 0.962 bits per heavy atom. The molecular formula is C22H48NO3+. The highest BCUT2D eigenvalue weighted by Gasteiger charge is 2.30. The van der Waals surface area contributed by atoms with Crippen LogP contribution in [0.25, 0.3) is 0 Å². The molecule has 0 heterocycles. The van der Waals surface area contributed by atoms with E-state index >= 15 is 0 Å². The number of nitrogens with zero attached hydrogens (tertiary/aromatic N) is 1. The molecule has 0 fully saturated rings. The summed E-state index contributed by atoms with van der Waals surface area (Å²) in [7, 11) is 0. The van der Waals surface area contributed by atoms with Crippen molar-refractivity contribution in [1.29, 1.82) is 0 Å². The fourth-order valence-electron chi connectivity index (χ4n) is 3.51. The summed E-state index contributed by atoms with van der Waals surface area (Å²) in [4.78, 5) is -0.945. The summed E-state index contributed by atoms with van der Waals surface area (Å²) in [5.74, 6) is 0. The van der Waals surface area contributed by atoms with E-state index in [1.807, 2.05) is 0 Å². The highest BCUT2D eigenvalue weighted by atomic mass is 16.8. The Morgan fingerprint density at radius 1 is 0.615 bits per heavy atom. The van der Waals surface area contributed by atoms with Gasteiger partial charge in [-0.2, -0.15) is 10.4 Å². The number of aliphatic hydroxyl groups excluding tert-OH is 1. The van der Waals surface area contributed by atoms with Gasteiger partial charge in [0.05, 0.1) is 0 Å². The first-order valence-corrected chi connectivity index (χ1v) is 11.5. The molecule has 1 atom stereocenters. The van der Waals surface area contributed by atoms with E-state index in [0.717, 1.165) is 12.8 Å². The van der Waals surface area contributed by atoms with Crippen molar-refractivity contribution in [3.63, 3.8) is 0 Å². The number of hydrogen-bond donors (Lipinski definition) is 3. The van der Waals surface area contributed by atoms with Crippen LogP contribution < -0.4 is 0 Å². The van der Waals surface area contributed by atoms with Crippen LogP contribution in [0, 0.1) is 0 Å². The predicted molar refractivity (Wildman–Crippen MR) is 109 cm³/mol. The second kappa shape index (κ2) is 18.2. The Hall–Kier alpha value is -0.160. The van der Waals surface area contributed by atoms with Crippen LogP contribution >= 0.6 is 0 Å². The van der Waals surface area contributed by atoms with Crippen LogP contribution in [0.1, 0.15) is 123 Å². The number of quaternary nitrogens is 1. The van der Waals surface area contributed by atoms with Crippen molar-refractivity contribution in [2.75, 3.05) is 13.2 Å². The van der Waals surface area contributed by atoms with Crippen LogP contribution in [0.15, 0.2) is 0 Å². The predicted octanol–water partition coefficient (Wildman–Crippen LogP) is 6.61. The maximum atomic E-state index is 9.91. The van der Waals surface area contributed by atoms with Crippen molar-refractivity contribution < 1.29 is 20.3 Å². The molecule has 3 N–H and O–H groups in total. The lowest BCUT2D eigenvalue weighted by Gasteiger charge is -2.27. The van der Waals surface area contributed by atoms with Crippen molar-refractivity contribution in [2.45, 2.75) is 129 Å². The van der Waals surface area contributed by atoms with E-state index in [0.29, 0.717) is 13.0 Å². The highest BCUT2D eigenvalue weighted by molar-refractivity contribution is 4.51. The summed E-state index contributed by atoms with van der Waals surface area (Å²) >= 11 is 0. The summed E-state index contributed by atoms with van der Waals surface area (Å²) in [6.07, 6.45) is 21.5. The summed E-state index contributed by atoms with van der Waals surface area (Å²) in [6.45, 7) is 4.40. The Morgan fingerprint density at radius 3 is 1.31 bits per heavy atom. The molecular weight excluding hydrogens is 326 g/mol. The number of unbranched alkanes of at least 4 members (excludes halogenated alkanes) is 15. The number of aliphatic hydroxyl groups is 1. The molecule has 0 aliphatic heterocycles. The summed E-state index contributed by atoms with van der Waals surface area (Å²) in [5.41, 5.74) is 0. The first kappa shape index (κ1) is 25.8. The third kappa shape index (κ3) is 16.0.